The molecule has 4 atom stereocenters. The fraction of sp³-hybridized carbons (Fsp3) is 0.900. The van der Waals surface area contributed by atoms with E-state index in [0.29, 0.717) is 50.6 Å². The van der Waals surface area contributed by atoms with E-state index in [1.807, 2.05) is 0 Å². The first kappa shape index (κ1) is 20.6. The molecule has 154 valence electrons. The minimum Gasteiger partial charge on any atom is -0.383 e. The number of hydrogen-bond acceptors (Lipinski definition) is 5. The van der Waals surface area contributed by atoms with E-state index >= 15 is 0 Å². The van der Waals surface area contributed by atoms with Gasteiger partial charge in [-0.3, -0.25) is 14.5 Å². The summed E-state index contributed by atoms with van der Waals surface area (Å²) in [6, 6.07) is 0.714. The van der Waals surface area contributed by atoms with Crippen molar-refractivity contribution < 1.29 is 19.1 Å². The molecule has 0 spiro atoms. The molecule has 3 fully saturated rings. The van der Waals surface area contributed by atoms with E-state index in [9.17, 15) is 9.59 Å². The van der Waals surface area contributed by atoms with Crippen molar-refractivity contribution in [3.8, 4) is 0 Å². The second-order valence-electron chi connectivity index (χ2n) is 8.72. The maximum Gasteiger partial charge on any atom is 0.222 e. The average molecular weight is 382 g/mol. The summed E-state index contributed by atoms with van der Waals surface area (Å²) < 4.78 is 11.0. The molecule has 3 aliphatic rings. The molecule has 2 aliphatic heterocycles. The summed E-state index contributed by atoms with van der Waals surface area (Å²) >= 11 is 0. The highest BCUT2D eigenvalue weighted by molar-refractivity contribution is 5.77. The molecule has 0 radical (unpaired) electrons. The van der Waals surface area contributed by atoms with Crippen LogP contribution in [0.15, 0.2) is 0 Å². The van der Waals surface area contributed by atoms with Gasteiger partial charge in [-0.25, -0.2) is 0 Å². The van der Waals surface area contributed by atoms with Crippen LogP contribution in [0.2, 0.25) is 0 Å². The summed E-state index contributed by atoms with van der Waals surface area (Å²) in [6.07, 6.45) is 3.01. The SMILES string of the molecule is COCCNC(=O)C[C@@H]1OC[C@@H]2[C@H]1[C@H](CC(=O)NC1CC1)CN2CC(C)C. The molecule has 2 amide bonds. The third-order valence-electron chi connectivity index (χ3n) is 5.84. The molecule has 3 rings (SSSR count). The molecule has 0 bridgehead atoms. The Kier molecular flexibility index (Phi) is 7.11. The quantitative estimate of drug-likeness (QED) is 0.547. The van der Waals surface area contributed by atoms with Gasteiger partial charge in [-0.1, -0.05) is 13.8 Å². The normalized spacial score (nSPS) is 30.5. The molecule has 7 nitrogen and oxygen atoms in total. The van der Waals surface area contributed by atoms with Crippen molar-refractivity contribution in [2.75, 3.05) is 40.0 Å². The van der Waals surface area contributed by atoms with Crippen LogP contribution >= 0.6 is 0 Å². The summed E-state index contributed by atoms with van der Waals surface area (Å²) in [7, 11) is 1.62. The predicted molar refractivity (Wildman–Crippen MR) is 102 cm³/mol. The lowest BCUT2D eigenvalue weighted by Crippen LogP contribution is -2.37. The van der Waals surface area contributed by atoms with Crippen LogP contribution in [-0.4, -0.2) is 74.9 Å². The zero-order valence-corrected chi connectivity index (χ0v) is 16.9. The van der Waals surface area contributed by atoms with E-state index in [-0.39, 0.29) is 29.8 Å². The highest BCUT2D eigenvalue weighted by Crippen LogP contribution is 2.41. The molecule has 2 saturated heterocycles. The van der Waals surface area contributed by atoms with Crippen LogP contribution in [0.1, 0.15) is 39.5 Å². The molecule has 1 aliphatic carbocycles. The second-order valence-corrected chi connectivity index (χ2v) is 8.72. The number of likely N-dealkylation sites (tertiary alicyclic amines) is 1. The Morgan fingerprint density at radius 3 is 2.67 bits per heavy atom. The van der Waals surface area contributed by atoms with Crippen molar-refractivity contribution in [1.29, 1.82) is 0 Å². The maximum atomic E-state index is 12.4. The van der Waals surface area contributed by atoms with Crippen LogP contribution in [0, 0.1) is 17.8 Å². The van der Waals surface area contributed by atoms with Crippen molar-refractivity contribution in [1.82, 2.24) is 15.5 Å². The standard InChI is InChI=1S/C20H35N3O4/c1-13(2)10-23-11-14(8-19(25)22-15-4-5-15)20-16(23)12-27-17(20)9-18(24)21-6-7-26-3/h13-17,20H,4-12H2,1-3H3,(H,21,24)(H,22,25)/t14-,16-,17+,20-/m1/s1. The van der Waals surface area contributed by atoms with Gasteiger partial charge in [-0.15, -0.1) is 0 Å². The molecule has 27 heavy (non-hydrogen) atoms. The summed E-state index contributed by atoms with van der Waals surface area (Å²) in [5, 5.41) is 6.00. The minimum absolute atomic E-state index is 0.00110. The zero-order valence-electron chi connectivity index (χ0n) is 16.9. The van der Waals surface area contributed by atoms with Gasteiger partial charge in [0.15, 0.2) is 0 Å². The van der Waals surface area contributed by atoms with Gasteiger partial charge in [0.25, 0.3) is 0 Å². The fourth-order valence-corrected chi connectivity index (χ4v) is 4.59. The number of fused-ring (bicyclic) bond motifs is 1. The van der Waals surface area contributed by atoms with Crippen molar-refractivity contribution in [2.24, 2.45) is 17.8 Å². The van der Waals surface area contributed by atoms with E-state index in [1.54, 1.807) is 7.11 Å². The summed E-state index contributed by atoms with van der Waals surface area (Å²) in [4.78, 5) is 27.2. The Labute approximate surface area is 162 Å². The van der Waals surface area contributed by atoms with Gasteiger partial charge in [0.1, 0.15) is 0 Å². The Morgan fingerprint density at radius 1 is 1.22 bits per heavy atom. The van der Waals surface area contributed by atoms with E-state index < -0.39 is 0 Å². The smallest absolute Gasteiger partial charge is 0.222 e. The molecule has 2 N–H and O–H groups in total. The number of methoxy groups -OCH3 is 1. The Morgan fingerprint density at radius 2 is 2.00 bits per heavy atom. The summed E-state index contributed by atoms with van der Waals surface area (Å²) in [5.41, 5.74) is 0. The highest BCUT2D eigenvalue weighted by atomic mass is 16.5. The van der Waals surface area contributed by atoms with Crippen molar-refractivity contribution in [3.63, 3.8) is 0 Å². The van der Waals surface area contributed by atoms with Crippen molar-refractivity contribution in [3.05, 3.63) is 0 Å². The first-order valence-electron chi connectivity index (χ1n) is 10.4. The summed E-state index contributed by atoms with van der Waals surface area (Å²) in [5.74, 6) is 1.23. The number of carbonyl (C=O) groups excluding carboxylic acids is 2. The Bertz CT molecular complexity index is 523. The van der Waals surface area contributed by atoms with E-state index in [2.05, 4.69) is 29.4 Å². The Balaban J connectivity index is 1.60. The van der Waals surface area contributed by atoms with Crippen molar-refractivity contribution >= 4 is 11.8 Å². The third-order valence-corrected chi connectivity index (χ3v) is 5.84. The van der Waals surface area contributed by atoms with Gasteiger partial charge in [-0.05, 0) is 24.7 Å². The lowest BCUT2D eigenvalue weighted by molar-refractivity contribution is -0.124. The van der Waals surface area contributed by atoms with Gasteiger partial charge in [0, 0.05) is 51.2 Å². The molecular weight excluding hydrogens is 346 g/mol. The van der Waals surface area contributed by atoms with E-state index in [1.165, 1.54) is 0 Å². The minimum atomic E-state index is -0.103. The number of rotatable bonds is 10. The third kappa shape index (κ3) is 5.65. The maximum absolute atomic E-state index is 12.4. The highest BCUT2D eigenvalue weighted by Gasteiger charge is 2.51. The molecular formula is C20H35N3O4. The molecule has 0 aromatic heterocycles. The summed E-state index contributed by atoms with van der Waals surface area (Å²) in [6.45, 7) is 8.07. The van der Waals surface area contributed by atoms with Crippen LogP contribution in [0.3, 0.4) is 0 Å². The van der Waals surface area contributed by atoms with Crippen LogP contribution in [0.25, 0.3) is 0 Å². The van der Waals surface area contributed by atoms with Crippen molar-refractivity contribution in [2.45, 2.75) is 57.7 Å². The molecule has 0 aromatic carbocycles. The van der Waals surface area contributed by atoms with Crippen LogP contribution in [0.4, 0.5) is 0 Å². The molecule has 1 saturated carbocycles. The number of amides is 2. The van der Waals surface area contributed by atoms with Crippen LogP contribution in [0.5, 0.6) is 0 Å². The molecule has 2 heterocycles. The zero-order chi connectivity index (χ0) is 19.4. The monoisotopic (exact) mass is 381 g/mol. The first-order chi connectivity index (χ1) is 13.0. The van der Waals surface area contributed by atoms with Gasteiger partial charge in [0.2, 0.25) is 11.8 Å². The lowest BCUT2D eigenvalue weighted by Gasteiger charge is -2.24. The molecule has 7 heteroatoms. The number of nitrogens with one attached hydrogen (secondary N) is 2. The Hall–Kier alpha value is -1.18. The van der Waals surface area contributed by atoms with Crippen LogP contribution < -0.4 is 10.6 Å². The lowest BCUT2D eigenvalue weighted by atomic mass is 9.84. The van der Waals surface area contributed by atoms with Gasteiger partial charge >= 0.3 is 0 Å². The van der Waals surface area contributed by atoms with E-state index in [4.69, 9.17) is 9.47 Å². The van der Waals surface area contributed by atoms with E-state index in [0.717, 1.165) is 25.9 Å². The number of carbonyl (C=O) groups is 2. The molecule has 0 unspecified atom stereocenters. The van der Waals surface area contributed by atoms with Gasteiger partial charge in [-0.2, -0.15) is 0 Å². The van der Waals surface area contributed by atoms with Gasteiger partial charge in [0.05, 0.1) is 25.7 Å². The predicted octanol–water partition coefficient (Wildman–Crippen LogP) is 0.779. The largest absolute Gasteiger partial charge is 0.383 e. The van der Waals surface area contributed by atoms with Gasteiger partial charge < -0.3 is 20.1 Å². The molecule has 0 aromatic rings. The number of nitrogens with zero attached hydrogens (tertiary/aromatic N) is 1. The topological polar surface area (TPSA) is 79.9 Å². The average Bonchev–Trinajstić information content (AvgIpc) is 3.21. The second kappa shape index (κ2) is 9.34. The number of hydrogen-bond donors (Lipinski definition) is 2. The van der Waals surface area contributed by atoms with Crippen LogP contribution in [-0.2, 0) is 19.1 Å². The fourth-order valence-electron chi connectivity index (χ4n) is 4.59. The first-order valence-corrected chi connectivity index (χ1v) is 10.4. The number of ether oxygens (including phenoxy) is 2.